The van der Waals surface area contributed by atoms with Gasteiger partial charge in [0.15, 0.2) is 0 Å². The van der Waals surface area contributed by atoms with Crippen molar-refractivity contribution >= 4 is 28.7 Å². The van der Waals surface area contributed by atoms with E-state index in [1.807, 2.05) is 22.7 Å². The van der Waals surface area contributed by atoms with Gasteiger partial charge in [-0.15, -0.1) is 22.7 Å². The Labute approximate surface area is 120 Å². The predicted octanol–water partition coefficient (Wildman–Crippen LogP) is 5.71. The monoisotopic (exact) mass is 280 g/mol. The maximum absolute atomic E-state index is 2.28. The normalized spacial score (nSPS) is 12.8. The molecule has 0 N–H and O–H groups in total. The zero-order valence-electron chi connectivity index (χ0n) is 10.3. The van der Waals surface area contributed by atoms with Crippen LogP contribution in [0.25, 0.3) is 27.0 Å². The van der Waals surface area contributed by atoms with Crippen LogP contribution in [0.15, 0.2) is 53.2 Å². The molecule has 4 rings (SSSR count). The van der Waals surface area contributed by atoms with Gasteiger partial charge in [-0.1, -0.05) is 36.4 Å². The van der Waals surface area contributed by atoms with E-state index >= 15 is 0 Å². The number of benzene rings is 1. The Morgan fingerprint density at radius 2 is 1.47 bits per heavy atom. The second-order valence-electron chi connectivity index (χ2n) is 4.61. The SMILES string of the molecule is C1=Cc2c(-c3cccs3)ccc(-c3cccs3)c2C1. The quantitative estimate of drug-likeness (QED) is 0.563. The fourth-order valence-corrected chi connectivity index (χ4v) is 4.22. The predicted molar refractivity (Wildman–Crippen MR) is 85.8 cm³/mol. The molecule has 0 saturated carbocycles. The first-order valence-corrected chi connectivity index (χ1v) is 8.09. The van der Waals surface area contributed by atoms with Crippen molar-refractivity contribution in [2.45, 2.75) is 6.42 Å². The minimum atomic E-state index is 1.06. The molecule has 1 aliphatic rings. The Balaban J connectivity index is 1.94. The van der Waals surface area contributed by atoms with E-state index in [1.165, 1.54) is 32.0 Å². The zero-order valence-corrected chi connectivity index (χ0v) is 11.9. The molecule has 92 valence electrons. The topological polar surface area (TPSA) is 0 Å². The summed E-state index contributed by atoms with van der Waals surface area (Å²) >= 11 is 3.63. The maximum Gasteiger partial charge on any atom is 0.0348 e. The van der Waals surface area contributed by atoms with Gasteiger partial charge in [-0.2, -0.15) is 0 Å². The molecule has 2 aromatic heterocycles. The van der Waals surface area contributed by atoms with E-state index < -0.39 is 0 Å². The van der Waals surface area contributed by atoms with Crippen molar-refractivity contribution in [3.05, 3.63) is 64.4 Å². The molecule has 0 fully saturated rings. The van der Waals surface area contributed by atoms with Crippen LogP contribution in [0.5, 0.6) is 0 Å². The van der Waals surface area contributed by atoms with Crippen LogP contribution in [0.1, 0.15) is 11.1 Å². The number of fused-ring (bicyclic) bond motifs is 1. The number of rotatable bonds is 2. The Bertz CT molecular complexity index is 732. The molecule has 0 saturated heterocycles. The van der Waals surface area contributed by atoms with Crippen molar-refractivity contribution < 1.29 is 0 Å². The molecule has 0 unspecified atom stereocenters. The molecule has 19 heavy (non-hydrogen) atoms. The molecule has 2 heteroatoms. The fourth-order valence-electron chi connectivity index (χ4n) is 2.68. The summed E-state index contributed by atoms with van der Waals surface area (Å²) in [5, 5.41) is 4.30. The van der Waals surface area contributed by atoms with Gasteiger partial charge in [-0.05, 0) is 51.6 Å². The highest BCUT2D eigenvalue weighted by Crippen LogP contribution is 2.40. The van der Waals surface area contributed by atoms with Crippen LogP contribution in [-0.4, -0.2) is 0 Å². The average molecular weight is 280 g/mol. The summed E-state index contributed by atoms with van der Waals surface area (Å²) in [6.45, 7) is 0. The summed E-state index contributed by atoms with van der Waals surface area (Å²) in [7, 11) is 0. The molecule has 0 spiro atoms. The van der Waals surface area contributed by atoms with Crippen molar-refractivity contribution in [3.8, 4) is 20.9 Å². The van der Waals surface area contributed by atoms with Gasteiger partial charge in [0.25, 0.3) is 0 Å². The highest BCUT2D eigenvalue weighted by Gasteiger charge is 2.17. The molecular weight excluding hydrogens is 268 g/mol. The van der Waals surface area contributed by atoms with Crippen LogP contribution in [-0.2, 0) is 6.42 Å². The first kappa shape index (κ1) is 11.2. The molecular formula is C17H12S2. The highest BCUT2D eigenvalue weighted by molar-refractivity contribution is 7.14. The summed E-state index contributed by atoms with van der Waals surface area (Å²) in [6, 6.07) is 13.2. The smallest absolute Gasteiger partial charge is 0.0348 e. The van der Waals surface area contributed by atoms with Crippen molar-refractivity contribution in [2.75, 3.05) is 0 Å². The van der Waals surface area contributed by atoms with E-state index in [0.717, 1.165) is 6.42 Å². The Hall–Kier alpha value is -1.64. The Kier molecular flexibility index (Phi) is 2.64. The fraction of sp³-hybridized carbons (Fsp3) is 0.0588. The summed E-state index contributed by atoms with van der Waals surface area (Å²) < 4.78 is 0. The third kappa shape index (κ3) is 1.79. The van der Waals surface area contributed by atoms with Crippen molar-refractivity contribution in [1.29, 1.82) is 0 Å². The van der Waals surface area contributed by atoms with Crippen LogP contribution in [0, 0.1) is 0 Å². The van der Waals surface area contributed by atoms with Gasteiger partial charge in [0.2, 0.25) is 0 Å². The van der Waals surface area contributed by atoms with Crippen LogP contribution in [0.3, 0.4) is 0 Å². The van der Waals surface area contributed by atoms with Crippen LogP contribution >= 0.6 is 22.7 Å². The van der Waals surface area contributed by atoms with Crippen LogP contribution in [0.4, 0.5) is 0 Å². The van der Waals surface area contributed by atoms with E-state index in [2.05, 4.69) is 59.3 Å². The summed E-state index contributed by atoms with van der Waals surface area (Å²) in [5.74, 6) is 0. The third-order valence-electron chi connectivity index (χ3n) is 3.54. The van der Waals surface area contributed by atoms with Gasteiger partial charge in [0.05, 0.1) is 0 Å². The van der Waals surface area contributed by atoms with E-state index in [-0.39, 0.29) is 0 Å². The lowest BCUT2D eigenvalue weighted by Crippen LogP contribution is -1.90. The largest absolute Gasteiger partial charge is 0.144 e. The summed E-state index contributed by atoms with van der Waals surface area (Å²) in [5.41, 5.74) is 5.66. The molecule has 1 aliphatic carbocycles. The lowest BCUT2D eigenvalue weighted by Gasteiger charge is -2.11. The summed E-state index contributed by atoms with van der Waals surface area (Å²) in [4.78, 5) is 2.73. The lowest BCUT2D eigenvalue weighted by molar-refractivity contribution is 1.32. The zero-order chi connectivity index (χ0) is 12.7. The Morgan fingerprint density at radius 3 is 2.16 bits per heavy atom. The minimum Gasteiger partial charge on any atom is -0.144 e. The second-order valence-corrected chi connectivity index (χ2v) is 6.51. The minimum absolute atomic E-state index is 1.06. The molecule has 0 bridgehead atoms. The maximum atomic E-state index is 2.28. The van der Waals surface area contributed by atoms with E-state index in [9.17, 15) is 0 Å². The van der Waals surface area contributed by atoms with E-state index in [4.69, 9.17) is 0 Å². The molecule has 1 aromatic carbocycles. The first-order valence-electron chi connectivity index (χ1n) is 6.33. The molecule has 0 nitrogen and oxygen atoms in total. The molecule has 2 heterocycles. The van der Waals surface area contributed by atoms with Gasteiger partial charge in [-0.3, -0.25) is 0 Å². The van der Waals surface area contributed by atoms with Gasteiger partial charge >= 0.3 is 0 Å². The number of allylic oxidation sites excluding steroid dienone is 1. The standard InChI is InChI=1S/C17H12S2/c1-4-12-13(5-1)15(17-7-3-11-19-17)9-8-14(12)16-6-2-10-18-16/h1-4,6-11H,5H2. The second kappa shape index (κ2) is 4.48. The van der Waals surface area contributed by atoms with Gasteiger partial charge in [0.1, 0.15) is 0 Å². The summed E-state index contributed by atoms with van der Waals surface area (Å²) in [6.07, 6.45) is 5.61. The number of hydrogen-bond donors (Lipinski definition) is 0. The van der Waals surface area contributed by atoms with Crippen molar-refractivity contribution in [1.82, 2.24) is 0 Å². The average Bonchev–Trinajstić information content (AvgIpc) is 3.19. The molecule has 0 radical (unpaired) electrons. The van der Waals surface area contributed by atoms with E-state index in [0.29, 0.717) is 0 Å². The van der Waals surface area contributed by atoms with Crippen molar-refractivity contribution in [2.24, 2.45) is 0 Å². The molecule has 0 amide bonds. The van der Waals surface area contributed by atoms with E-state index in [1.54, 1.807) is 0 Å². The number of thiophene rings is 2. The van der Waals surface area contributed by atoms with Crippen LogP contribution in [0.2, 0.25) is 0 Å². The highest BCUT2D eigenvalue weighted by atomic mass is 32.1. The third-order valence-corrected chi connectivity index (χ3v) is 5.34. The van der Waals surface area contributed by atoms with Crippen molar-refractivity contribution in [3.63, 3.8) is 0 Å². The van der Waals surface area contributed by atoms with Gasteiger partial charge in [0, 0.05) is 9.75 Å². The first-order chi connectivity index (χ1) is 9.43. The molecule has 0 atom stereocenters. The van der Waals surface area contributed by atoms with Crippen LogP contribution < -0.4 is 0 Å². The molecule has 3 aromatic rings. The van der Waals surface area contributed by atoms with Gasteiger partial charge < -0.3 is 0 Å². The van der Waals surface area contributed by atoms with Gasteiger partial charge in [-0.25, -0.2) is 0 Å². The molecule has 0 aliphatic heterocycles. The number of hydrogen-bond acceptors (Lipinski definition) is 2. The Morgan fingerprint density at radius 1 is 0.789 bits per heavy atom. The lowest BCUT2D eigenvalue weighted by atomic mass is 9.96.